The minimum absolute atomic E-state index is 0. The Labute approximate surface area is 169 Å². The minimum Gasteiger partial charge on any atom is -0.548 e. The van der Waals surface area contributed by atoms with Crippen molar-refractivity contribution in [1.29, 1.82) is 0 Å². The van der Waals surface area contributed by atoms with Gasteiger partial charge in [-0.25, -0.2) is 0 Å². The molecule has 0 aromatic rings. The average molecular weight is 350 g/mol. The number of carbonyl (C=O) groups is 2. The van der Waals surface area contributed by atoms with Crippen LogP contribution >= 0.6 is 0 Å². The van der Waals surface area contributed by atoms with Gasteiger partial charge in [0, 0.05) is 6.42 Å². The van der Waals surface area contributed by atoms with Crippen LogP contribution in [0.15, 0.2) is 0 Å². The van der Waals surface area contributed by atoms with E-state index < -0.39 is 12.0 Å². The van der Waals surface area contributed by atoms with Crippen molar-refractivity contribution in [1.82, 2.24) is 5.32 Å². The largest absolute Gasteiger partial charge is 1.00 e. The van der Waals surface area contributed by atoms with Crippen LogP contribution in [-0.4, -0.2) is 24.5 Å². The Morgan fingerprint density at radius 2 is 1.46 bits per heavy atom. The van der Waals surface area contributed by atoms with E-state index in [-0.39, 0.29) is 35.5 Å². The topological polar surface area (TPSA) is 95.2 Å². The van der Waals surface area contributed by atoms with E-state index in [1.807, 2.05) is 0 Å². The number of nitrogens with one attached hydrogen (secondary N) is 1. The van der Waals surface area contributed by atoms with Gasteiger partial charge in [0.15, 0.2) is 0 Å². The summed E-state index contributed by atoms with van der Waals surface area (Å²) >= 11 is 0. The molecule has 0 fully saturated rings. The molecule has 3 N–H and O–H groups in total. The zero-order valence-corrected chi connectivity index (χ0v) is 17.8. The van der Waals surface area contributed by atoms with E-state index in [1.54, 1.807) is 0 Å². The van der Waals surface area contributed by atoms with E-state index in [9.17, 15) is 14.7 Å². The molecule has 0 saturated carbocycles. The number of carboxylic acid groups (broad SMARTS) is 1. The molecule has 0 heterocycles. The number of hydrogen-bond donors (Lipinski definition) is 2. The van der Waals surface area contributed by atoms with Crippen LogP contribution < -0.4 is 45.7 Å². The normalized spacial score (nSPS) is 11.6. The van der Waals surface area contributed by atoms with E-state index in [2.05, 4.69) is 12.2 Å². The van der Waals surface area contributed by atoms with Crippen molar-refractivity contribution < 1.29 is 44.3 Å². The van der Waals surface area contributed by atoms with Crippen LogP contribution in [0.4, 0.5) is 0 Å². The standard InChI is InChI=1S/C18H36N2O3.Na/c1-2-3-4-5-6-7-8-9-10-14-17(21)20-16(18(22)23)13-11-12-15-19;/h16H,2-15,19H2,1H3,(H,20,21)(H,22,23);/q;+1/p-1/t16-;/m0./s1. The van der Waals surface area contributed by atoms with Crippen molar-refractivity contribution in [2.24, 2.45) is 5.73 Å². The number of unbranched alkanes of at least 4 members (excludes halogenated alkanes) is 9. The third-order valence-corrected chi connectivity index (χ3v) is 4.07. The SMILES string of the molecule is CCCCCCCCCCCC(=O)N[C@@H](CCCCN)C(=O)[O-].[Na+]. The first kappa shape index (κ1) is 26.1. The van der Waals surface area contributed by atoms with Crippen LogP contribution in [0, 0.1) is 0 Å². The summed E-state index contributed by atoms with van der Waals surface area (Å²) in [6.45, 7) is 2.75. The first-order valence-electron chi connectivity index (χ1n) is 9.32. The second-order valence-corrected chi connectivity index (χ2v) is 6.30. The first-order chi connectivity index (χ1) is 11.1. The Morgan fingerprint density at radius 3 is 1.96 bits per heavy atom. The monoisotopic (exact) mass is 350 g/mol. The Kier molecular flexibility index (Phi) is 20.9. The van der Waals surface area contributed by atoms with E-state index in [1.165, 1.54) is 38.5 Å². The van der Waals surface area contributed by atoms with Gasteiger partial charge in [0.1, 0.15) is 0 Å². The molecule has 0 saturated heterocycles. The van der Waals surface area contributed by atoms with Crippen molar-refractivity contribution in [2.45, 2.75) is 96.4 Å². The molecule has 0 aromatic carbocycles. The maximum atomic E-state index is 11.8. The summed E-state index contributed by atoms with van der Waals surface area (Å²) in [4.78, 5) is 22.8. The molecule has 0 radical (unpaired) electrons. The summed E-state index contributed by atoms with van der Waals surface area (Å²) in [5.41, 5.74) is 5.38. The number of carboxylic acids is 1. The fourth-order valence-electron chi connectivity index (χ4n) is 2.60. The fraction of sp³-hybridized carbons (Fsp3) is 0.889. The summed E-state index contributed by atoms with van der Waals surface area (Å²) in [5.74, 6) is -1.39. The Bertz CT molecular complexity index is 315. The number of rotatable bonds is 16. The van der Waals surface area contributed by atoms with Crippen molar-refractivity contribution in [3.8, 4) is 0 Å². The third kappa shape index (κ3) is 16.7. The minimum atomic E-state index is -1.21. The van der Waals surface area contributed by atoms with Gasteiger partial charge in [0.25, 0.3) is 0 Å². The molecule has 1 amide bonds. The van der Waals surface area contributed by atoms with Crippen LogP contribution in [0.5, 0.6) is 0 Å². The number of hydrogen-bond acceptors (Lipinski definition) is 4. The Hall–Kier alpha value is -0.100. The number of aliphatic carboxylic acids is 1. The van der Waals surface area contributed by atoms with Gasteiger partial charge in [0.2, 0.25) is 5.91 Å². The van der Waals surface area contributed by atoms with Crippen LogP contribution in [0.2, 0.25) is 0 Å². The molecule has 5 nitrogen and oxygen atoms in total. The zero-order chi connectivity index (χ0) is 17.3. The van der Waals surface area contributed by atoms with Crippen molar-refractivity contribution in [3.63, 3.8) is 0 Å². The van der Waals surface area contributed by atoms with Crippen LogP contribution in [0.25, 0.3) is 0 Å². The van der Waals surface area contributed by atoms with E-state index in [0.717, 1.165) is 25.7 Å². The summed E-state index contributed by atoms with van der Waals surface area (Å²) < 4.78 is 0. The zero-order valence-electron chi connectivity index (χ0n) is 15.8. The predicted molar refractivity (Wildman–Crippen MR) is 91.7 cm³/mol. The van der Waals surface area contributed by atoms with Crippen molar-refractivity contribution in [2.75, 3.05) is 6.54 Å². The molecule has 0 spiro atoms. The number of nitrogens with two attached hydrogens (primary N) is 1. The predicted octanol–water partition coefficient (Wildman–Crippen LogP) is -0.725. The molecular formula is C18H35N2NaO3. The fourth-order valence-corrected chi connectivity index (χ4v) is 2.60. The summed E-state index contributed by atoms with van der Waals surface area (Å²) in [5, 5.41) is 13.6. The van der Waals surface area contributed by atoms with Crippen molar-refractivity contribution in [3.05, 3.63) is 0 Å². The number of carbonyl (C=O) groups excluding carboxylic acids is 2. The van der Waals surface area contributed by atoms with Crippen molar-refractivity contribution >= 4 is 11.9 Å². The first-order valence-corrected chi connectivity index (χ1v) is 9.32. The van der Waals surface area contributed by atoms with E-state index in [0.29, 0.717) is 25.8 Å². The Balaban J connectivity index is 0. The molecule has 0 unspecified atom stereocenters. The molecule has 0 aliphatic rings. The van der Waals surface area contributed by atoms with Gasteiger partial charge in [-0.3, -0.25) is 4.79 Å². The molecule has 0 aliphatic carbocycles. The molecule has 24 heavy (non-hydrogen) atoms. The van der Waals surface area contributed by atoms with Gasteiger partial charge in [-0.2, -0.15) is 0 Å². The van der Waals surface area contributed by atoms with Crippen LogP contribution in [0.1, 0.15) is 90.4 Å². The summed E-state index contributed by atoms with van der Waals surface area (Å²) in [7, 11) is 0. The number of amides is 1. The molecule has 0 bridgehead atoms. The molecular weight excluding hydrogens is 315 g/mol. The van der Waals surface area contributed by atoms with Gasteiger partial charge in [-0.15, -0.1) is 0 Å². The van der Waals surface area contributed by atoms with Crippen LogP contribution in [-0.2, 0) is 9.59 Å². The van der Waals surface area contributed by atoms with Gasteiger partial charge >= 0.3 is 29.6 Å². The van der Waals surface area contributed by atoms with Gasteiger partial charge in [-0.1, -0.05) is 58.3 Å². The second kappa shape index (κ2) is 19.2. The average Bonchev–Trinajstić information content (AvgIpc) is 2.52. The van der Waals surface area contributed by atoms with Crippen LogP contribution in [0.3, 0.4) is 0 Å². The molecule has 0 aromatic heterocycles. The molecule has 136 valence electrons. The summed E-state index contributed by atoms with van der Waals surface area (Å²) in [6.07, 6.45) is 13.0. The van der Waals surface area contributed by atoms with E-state index in [4.69, 9.17) is 5.73 Å². The summed E-state index contributed by atoms with van der Waals surface area (Å²) in [6, 6.07) is -0.882. The maximum Gasteiger partial charge on any atom is 1.00 e. The molecule has 1 atom stereocenters. The smallest absolute Gasteiger partial charge is 0.548 e. The second-order valence-electron chi connectivity index (χ2n) is 6.30. The maximum absolute atomic E-state index is 11.8. The molecule has 6 heteroatoms. The molecule has 0 rings (SSSR count). The van der Waals surface area contributed by atoms with Gasteiger partial charge in [-0.05, 0) is 32.2 Å². The van der Waals surface area contributed by atoms with Gasteiger partial charge < -0.3 is 21.0 Å². The molecule has 0 aliphatic heterocycles. The van der Waals surface area contributed by atoms with E-state index >= 15 is 0 Å². The Morgan fingerprint density at radius 1 is 0.917 bits per heavy atom. The third-order valence-electron chi connectivity index (χ3n) is 4.07. The van der Waals surface area contributed by atoms with Gasteiger partial charge in [0.05, 0.1) is 12.0 Å². The quantitative estimate of drug-likeness (QED) is 0.284.